The van der Waals surface area contributed by atoms with Crippen LogP contribution in [0.4, 0.5) is 5.69 Å². The first kappa shape index (κ1) is 12.4. The lowest BCUT2D eigenvalue weighted by molar-refractivity contribution is 0.474. The van der Waals surface area contributed by atoms with Gasteiger partial charge in [-0.3, -0.25) is 0 Å². The van der Waals surface area contributed by atoms with E-state index in [-0.39, 0.29) is 5.75 Å². The van der Waals surface area contributed by atoms with Crippen molar-refractivity contribution in [3.63, 3.8) is 0 Å². The Labute approximate surface area is 96.6 Å². The smallest absolute Gasteiger partial charge is 0.126 e. The van der Waals surface area contributed by atoms with E-state index in [1.807, 2.05) is 12.1 Å². The average molecular weight is 221 g/mol. The zero-order valence-electron chi connectivity index (χ0n) is 10.1. The number of benzene rings is 1. The molecule has 0 aliphatic rings. The number of hydrogen-bond donors (Lipinski definition) is 2. The monoisotopic (exact) mass is 221 g/mol. The summed E-state index contributed by atoms with van der Waals surface area (Å²) in [6, 6.07) is 5.62. The van der Waals surface area contributed by atoms with E-state index >= 15 is 0 Å². The highest BCUT2D eigenvalue weighted by molar-refractivity contribution is 5.84. The standard InChI is InChI=1S/C12H19N3O/c1-4-15(5-2)11-7-6-10(9-14-13-3)12(16)8-11/h6-9,13,16H,4-5H2,1-3H3. The second-order valence-electron chi connectivity index (χ2n) is 3.40. The Hall–Kier alpha value is -1.71. The van der Waals surface area contributed by atoms with E-state index in [0.29, 0.717) is 5.56 Å². The van der Waals surface area contributed by atoms with Crippen molar-refractivity contribution < 1.29 is 5.11 Å². The van der Waals surface area contributed by atoms with Crippen molar-refractivity contribution in [2.75, 3.05) is 25.0 Å². The van der Waals surface area contributed by atoms with Crippen molar-refractivity contribution in [3.8, 4) is 5.75 Å². The van der Waals surface area contributed by atoms with Crippen LogP contribution in [0.25, 0.3) is 0 Å². The number of hydrogen-bond acceptors (Lipinski definition) is 4. The molecule has 1 aromatic carbocycles. The molecule has 1 aromatic rings. The number of nitrogens with zero attached hydrogens (tertiary/aromatic N) is 2. The lowest BCUT2D eigenvalue weighted by atomic mass is 10.2. The molecule has 0 fully saturated rings. The van der Waals surface area contributed by atoms with E-state index in [1.54, 1.807) is 19.3 Å². The predicted molar refractivity (Wildman–Crippen MR) is 68.3 cm³/mol. The quantitative estimate of drug-likeness (QED) is 0.588. The first-order chi connectivity index (χ1) is 7.72. The maximum Gasteiger partial charge on any atom is 0.126 e. The molecule has 0 saturated heterocycles. The van der Waals surface area contributed by atoms with Crippen molar-refractivity contribution in [1.82, 2.24) is 5.43 Å². The summed E-state index contributed by atoms with van der Waals surface area (Å²) in [5.41, 5.74) is 4.40. The first-order valence-corrected chi connectivity index (χ1v) is 5.50. The van der Waals surface area contributed by atoms with Crippen molar-refractivity contribution in [2.24, 2.45) is 5.10 Å². The summed E-state index contributed by atoms with van der Waals surface area (Å²) in [5, 5.41) is 13.7. The van der Waals surface area contributed by atoms with Gasteiger partial charge in [-0.15, -0.1) is 0 Å². The molecule has 0 amide bonds. The molecule has 0 spiro atoms. The third-order valence-electron chi connectivity index (χ3n) is 2.48. The number of aromatic hydroxyl groups is 1. The third kappa shape index (κ3) is 2.89. The van der Waals surface area contributed by atoms with Gasteiger partial charge in [0.1, 0.15) is 5.75 Å². The van der Waals surface area contributed by atoms with Crippen LogP contribution in [0.15, 0.2) is 23.3 Å². The molecular weight excluding hydrogens is 202 g/mol. The number of anilines is 1. The normalized spacial score (nSPS) is 10.7. The van der Waals surface area contributed by atoms with Crippen molar-refractivity contribution in [3.05, 3.63) is 23.8 Å². The summed E-state index contributed by atoms with van der Waals surface area (Å²) in [6.07, 6.45) is 1.60. The van der Waals surface area contributed by atoms with Crippen LogP contribution in [0.5, 0.6) is 5.75 Å². The molecular formula is C12H19N3O. The molecule has 0 heterocycles. The number of rotatable bonds is 5. The molecule has 88 valence electrons. The van der Waals surface area contributed by atoms with E-state index in [0.717, 1.165) is 18.8 Å². The van der Waals surface area contributed by atoms with Crippen molar-refractivity contribution >= 4 is 11.9 Å². The summed E-state index contributed by atoms with van der Waals surface area (Å²) in [6.45, 7) is 6.05. The number of phenolic OH excluding ortho intramolecular Hbond substituents is 1. The fourth-order valence-electron chi connectivity index (χ4n) is 1.56. The van der Waals surface area contributed by atoms with Gasteiger partial charge in [0.05, 0.1) is 6.21 Å². The molecule has 0 atom stereocenters. The molecule has 4 heteroatoms. The van der Waals surface area contributed by atoms with Gasteiger partial charge in [-0.2, -0.15) is 5.10 Å². The Morgan fingerprint density at radius 2 is 2.06 bits per heavy atom. The second-order valence-corrected chi connectivity index (χ2v) is 3.40. The molecule has 0 bridgehead atoms. The van der Waals surface area contributed by atoms with Gasteiger partial charge in [-0.1, -0.05) is 0 Å². The molecule has 0 aliphatic heterocycles. The summed E-state index contributed by atoms with van der Waals surface area (Å²) < 4.78 is 0. The van der Waals surface area contributed by atoms with E-state index in [4.69, 9.17) is 0 Å². The molecule has 0 saturated carbocycles. The Balaban J connectivity index is 2.94. The SMILES string of the molecule is CCN(CC)c1ccc(C=NNC)c(O)c1. The molecule has 0 aromatic heterocycles. The maximum absolute atomic E-state index is 9.81. The first-order valence-electron chi connectivity index (χ1n) is 5.50. The van der Waals surface area contributed by atoms with Crippen LogP contribution in [0.2, 0.25) is 0 Å². The van der Waals surface area contributed by atoms with Gasteiger partial charge in [-0.05, 0) is 26.0 Å². The fraction of sp³-hybridized carbons (Fsp3) is 0.417. The van der Waals surface area contributed by atoms with Gasteiger partial charge in [0.25, 0.3) is 0 Å². The van der Waals surface area contributed by atoms with Gasteiger partial charge >= 0.3 is 0 Å². The van der Waals surface area contributed by atoms with Crippen molar-refractivity contribution in [2.45, 2.75) is 13.8 Å². The van der Waals surface area contributed by atoms with E-state index < -0.39 is 0 Å². The number of nitrogens with one attached hydrogen (secondary N) is 1. The van der Waals surface area contributed by atoms with Crippen LogP contribution in [0, 0.1) is 0 Å². The molecule has 2 N–H and O–H groups in total. The van der Waals surface area contributed by atoms with Crippen LogP contribution in [0.1, 0.15) is 19.4 Å². The van der Waals surface area contributed by atoms with Crippen LogP contribution in [-0.4, -0.2) is 31.5 Å². The predicted octanol–water partition coefficient (Wildman–Crippen LogP) is 1.79. The van der Waals surface area contributed by atoms with Gasteiger partial charge in [0.2, 0.25) is 0 Å². The molecule has 16 heavy (non-hydrogen) atoms. The highest BCUT2D eigenvalue weighted by Gasteiger charge is 2.05. The Morgan fingerprint density at radius 1 is 1.38 bits per heavy atom. The maximum atomic E-state index is 9.81. The zero-order chi connectivity index (χ0) is 12.0. The van der Waals surface area contributed by atoms with Crippen molar-refractivity contribution in [1.29, 1.82) is 0 Å². The lowest BCUT2D eigenvalue weighted by Crippen LogP contribution is -2.21. The van der Waals surface area contributed by atoms with Crippen LogP contribution in [-0.2, 0) is 0 Å². The van der Waals surface area contributed by atoms with Gasteiger partial charge in [0.15, 0.2) is 0 Å². The minimum absolute atomic E-state index is 0.253. The van der Waals surface area contributed by atoms with E-state index in [9.17, 15) is 5.11 Å². The highest BCUT2D eigenvalue weighted by atomic mass is 16.3. The van der Waals surface area contributed by atoms with Crippen LogP contribution >= 0.6 is 0 Å². The summed E-state index contributed by atoms with van der Waals surface area (Å²) in [4.78, 5) is 2.18. The van der Waals surface area contributed by atoms with Crippen LogP contribution in [0.3, 0.4) is 0 Å². The summed E-state index contributed by atoms with van der Waals surface area (Å²) >= 11 is 0. The molecule has 0 aliphatic carbocycles. The minimum Gasteiger partial charge on any atom is -0.507 e. The molecule has 0 radical (unpaired) electrons. The Morgan fingerprint density at radius 3 is 2.56 bits per heavy atom. The lowest BCUT2D eigenvalue weighted by Gasteiger charge is -2.21. The van der Waals surface area contributed by atoms with E-state index in [2.05, 4.69) is 29.3 Å². The Bertz CT molecular complexity index is 359. The molecule has 0 unspecified atom stereocenters. The number of phenols is 1. The summed E-state index contributed by atoms with van der Waals surface area (Å²) in [7, 11) is 1.72. The largest absolute Gasteiger partial charge is 0.507 e. The number of hydrazone groups is 1. The third-order valence-corrected chi connectivity index (χ3v) is 2.48. The van der Waals surface area contributed by atoms with Gasteiger partial charge in [0, 0.05) is 37.5 Å². The average Bonchev–Trinajstić information content (AvgIpc) is 2.29. The highest BCUT2D eigenvalue weighted by Crippen LogP contribution is 2.23. The minimum atomic E-state index is 0.253. The molecule has 1 rings (SSSR count). The van der Waals surface area contributed by atoms with E-state index in [1.165, 1.54) is 0 Å². The van der Waals surface area contributed by atoms with Gasteiger partial charge in [-0.25, -0.2) is 0 Å². The van der Waals surface area contributed by atoms with Gasteiger partial charge < -0.3 is 15.4 Å². The summed E-state index contributed by atoms with van der Waals surface area (Å²) in [5.74, 6) is 0.253. The van der Waals surface area contributed by atoms with Crippen LogP contribution < -0.4 is 10.3 Å². The zero-order valence-corrected chi connectivity index (χ0v) is 10.1. The topological polar surface area (TPSA) is 47.9 Å². The second kappa shape index (κ2) is 6.00. The molecule has 4 nitrogen and oxygen atoms in total. The Kier molecular flexibility index (Phi) is 4.64. The fourth-order valence-corrected chi connectivity index (χ4v) is 1.56.